The fourth-order valence-electron chi connectivity index (χ4n) is 9.11. The molecule has 0 radical (unpaired) electrons. The monoisotopic (exact) mass is 1180 g/mol. The number of aliphatic hydroxyl groups is 1. The quantitative estimate of drug-likeness (QED) is 0.0371. The van der Waals surface area contributed by atoms with Crippen molar-refractivity contribution in [2.24, 2.45) is 11.1 Å². The van der Waals surface area contributed by atoms with Gasteiger partial charge in [-0.2, -0.15) is 0 Å². The summed E-state index contributed by atoms with van der Waals surface area (Å²) in [5, 5.41) is 43.1. The topological polar surface area (TPSA) is 392 Å². The highest BCUT2D eigenvalue weighted by Crippen LogP contribution is 2.41. The van der Waals surface area contributed by atoms with Gasteiger partial charge in [0.25, 0.3) is 0 Å². The Morgan fingerprint density at radius 2 is 1.33 bits per heavy atom. The van der Waals surface area contributed by atoms with Gasteiger partial charge in [-0.15, -0.1) is 0 Å². The van der Waals surface area contributed by atoms with Crippen LogP contribution in [-0.4, -0.2) is 163 Å². The van der Waals surface area contributed by atoms with Crippen LogP contribution in [0.4, 0.5) is 8.78 Å². The van der Waals surface area contributed by atoms with Crippen molar-refractivity contribution in [3.63, 3.8) is 0 Å². The lowest BCUT2D eigenvalue weighted by molar-refractivity contribution is -0.143. The number of nitrogens with one attached hydrogen (secondary N) is 6. The number of aliphatic carboxylic acids is 2. The molecule has 11 N–H and O–H groups in total. The Morgan fingerprint density at radius 3 is 1.94 bits per heavy atom. The number of hydrogen-bond acceptors (Lipinski definition) is 14. The number of nitrogens with zero attached hydrogens (tertiary/aromatic N) is 3. The molecule has 2 aromatic carbocycles. The molecule has 6 atom stereocenters. The highest BCUT2D eigenvalue weighted by atomic mass is 19.1. The SMILES string of the molecule is C[C@H](NC(=O)CCCC(=O)CN1C(=O)CCC1=O)C(=O)N[C@@H](C)C(=O)N[C@@H](CC(N)=O)C(=O)N[C@@H](CCN(C(=O)CO)[C@@H](c1cc(-c2cc(F)ccc2F)cn1Cc1ccccc1)C(C)(C)C)C(=O)NCCC(=O)N[C@@H](CCC(=O)O)C(=O)O. The van der Waals surface area contributed by atoms with Crippen molar-refractivity contribution in [3.8, 4) is 11.1 Å². The van der Waals surface area contributed by atoms with E-state index in [1.807, 2.05) is 12.1 Å². The maximum Gasteiger partial charge on any atom is 0.326 e. The Bertz CT molecular complexity index is 2930. The molecule has 1 saturated heterocycles. The first-order valence-corrected chi connectivity index (χ1v) is 26.9. The van der Waals surface area contributed by atoms with E-state index in [2.05, 4.69) is 31.9 Å². The molecule has 0 bridgehead atoms. The maximum atomic E-state index is 15.4. The van der Waals surface area contributed by atoms with Crippen LogP contribution in [0.3, 0.4) is 0 Å². The Morgan fingerprint density at radius 1 is 0.714 bits per heavy atom. The Hall–Kier alpha value is -8.95. The van der Waals surface area contributed by atoms with Crippen molar-refractivity contribution in [3.05, 3.63) is 83.7 Å². The second-order valence-electron chi connectivity index (χ2n) is 21.2. The van der Waals surface area contributed by atoms with Gasteiger partial charge in [0, 0.05) is 81.2 Å². The number of likely N-dealkylation sites (tertiary alicyclic amines) is 1. The molecule has 456 valence electrons. The molecule has 2 heterocycles. The van der Waals surface area contributed by atoms with Gasteiger partial charge >= 0.3 is 11.9 Å². The van der Waals surface area contributed by atoms with Gasteiger partial charge in [0.05, 0.1) is 19.0 Å². The first-order chi connectivity index (χ1) is 39.5. The third-order valence-electron chi connectivity index (χ3n) is 13.4. The average Bonchev–Trinajstić information content (AvgIpc) is 2.02. The molecule has 28 heteroatoms. The number of aliphatic hydroxyl groups excluding tert-OH is 1. The molecular formula is C56H72F2N10O16. The number of primary amides is 1. The molecule has 1 fully saturated rings. The van der Waals surface area contributed by atoms with Crippen LogP contribution in [0.5, 0.6) is 0 Å². The number of halogens is 2. The van der Waals surface area contributed by atoms with E-state index in [0.29, 0.717) is 5.69 Å². The Labute approximate surface area is 482 Å². The summed E-state index contributed by atoms with van der Waals surface area (Å²) in [6, 6.07) is 4.51. The zero-order valence-electron chi connectivity index (χ0n) is 47.2. The van der Waals surface area contributed by atoms with Crippen molar-refractivity contribution in [1.29, 1.82) is 0 Å². The van der Waals surface area contributed by atoms with E-state index < -0.39 is 188 Å². The molecule has 1 aromatic heterocycles. The largest absolute Gasteiger partial charge is 0.481 e. The number of rotatable bonds is 33. The second-order valence-corrected chi connectivity index (χ2v) is 21.2. The minimum atomic E-state index is -1.85. The lowest BCUT2D eigenvalue weighted by atomic mass is 9.82. The fourth-order valence-corrected chi connectivity index (χ4v) is 9.11. The van der Waals surface area contributed by atoms with Crippen LogP contribution in [0, 0.1) is 17.0 Å². The molecular weight excluding hydrogens is 1110 g/mol. The molecule has 0 spiro atoms. The van der Waals surface area contributed by atoms with E-state index in [4.69, 9.17) is 10.8 Å². The van der Waals surface area contributed by atoms with E-state index in [9.17, 15) is 76.9 Å². The standard InChI is InChI=1S/C56H72F2N10O16/c1-31(61-44(72)13-9-12-36(70)29-68-46(74)17-18-47(68)75)51(79)62-32(2)52(80)65-41(26-43(59)71)54(82)64-39(53(81)60-22-20-45(73)63-40(55(83)84)16-19-49(77)78)21-23-67(48(76)30-69)50(56(3,4)5)42-24-34(37-25-35(57)14-15-38(37)58)28-66(42)27-33-10-7-6-8-11-33/h6-8,10-11,14-15,24-25,28,31-32,39-41,50,69H,9,12-13,16-23,26-27,29-30H2,1-5H3,(H2,59,71)(H,60,81)(H,61,72)(H,62,79)(H,63,73)(H,64,82)(H,65,80)(H,77,78)(H,83,84)/t31-,32-,39-,40-,41-,50-/m0/s1. The number of benzene rings is 2. The number of nitrogens with two attached hydrogens (primary N) is 1. The smallest absolute Gasteiger partial charge is 0.326 e. The lowest BCUT2D eigenvalue weighted by Gasteiger charge is -2.41. The summed E-state index contributed by atoms with van der Waals surface area (Å²) in [5.74, 6) is -13.5. The number of carboxylic acid groups (broad SMARTS) is 2. The van der Waals surface area contributed by atoms with Crippen molar-refractivity contribution in [2.45, 2.75) is 142 Å². The fraction of sp³-hybridized carbons (Fsp3) is 0.482. The lowest BCUT2D eigenvalue weighted by Crippen LogP contribution is -2.58. The van der Waals surface area contributed by atoms with Gasteiger partial charge in [-0.3, -0.25) is 62.4 Å². The summed E-state index contributed by atoms with van der Waals surface area (Å²) >= 11 is 0. The maximum absolute atomic E-state index is 15.4. The average molecular weight is 1180 g/mol. The van der Waals surface area contributed by atoms with Crippen molar-refractivity contribution in [2.75, 3.05) is 26.2 Å². The number of hydrogen-bond donors (Lipinski definition) is 10. The number of imide groups is 1. The summed E-state index contributed by atoms with van der Waals surface area (Å²) in [7, 11) is 0. The second kappa shape index (κ2) is 31.5. The first-order valence-electron chi connectivity index (χ1n) is 26.9. The van der Waals surface area contributed by atoms with Gasteiger partial charge in [0.2, 0.25) is 59.1 Å². The minimum absolute atomic E-state index is 0.00937. The zero-order valence-corrected chi connectivity index (χ0v) is 47.2. The van der Waals surface area contributed by atoms with Crippen molar-refractivity contribution in [1.82, 2.24) is 46.3 Å². The van der Waals surface area contributed by atoms with Crippen LogP contribution in [0.15, 0.2) is 60.8 Å². The van der Waals surface area contributed by atoms with Crippen LogP contribution in [0.25, 0.3) is 11.1 Å². The van der Waals surface area contributed by atoms with Gasteiger partial charge < -0.3 is 62.4 Å². The molecule has 84 heavy (non-hydrogen) atoms. The molecule has 1 aliphatic rings. The molecule has 10 amide bonds. The number of Topliss-reactive ketones (excluding diaryl/α,β-unsaturated/α-hetero) is 1. The Balaban J connectivity index is 1.59. The molecule has 0 unspecified atom stereocenters. The number of carbonyl (C=O) groups is 13. The molecule has 1 aliphatic heterocycles. The van der Waals surface area contributed by atoms with Crippen LogP contribution < -0.4 is 37.6 Å². The van der Waals surface area contributed by atoms with Gasteiger partial charge in [0.1, 0.15) is 48.5 Å². The number of amides is 10. The number of carbonyl (C=O) groups excluding carboxylic acids is 11. The first kappa shape index (κ1) is 67.6. The van der Waals surface area contributed by atoms with E-state index in [-0.39, 0.29) is 49.8 Å². The van der Waals surface area contributed by atoms with E-state index >= 15 is 4.39 Å². The predicted octanol–water partition coefficient (Wildman–Crippen LogP) is 0.463. The van der Waals surface area contributed by atoms with E-state index in [1.54, 1.807) is 55.8 Å². The van der Waals surface area contributed by atoms with Gasteiger partial charge in [-0.25, -0.2) is 13.6 Å². The van der Waals surface area contributed by atoms with Crippen molar-refractivity contribution < 1.29 is 86.4 Å². The highest BCUT2D eigenvalue weighted by Gasteiger charge is 2.39. The summed E-state index contributed by atoms with van der Waals surface area (Å²) in [4.78, 5) is 168. The van der Waals surface area contributed by atoms with Crippen LogP contribution in [0.2, 0.25) is 0 Å². The van der Waals surface area contributed by atoms with E-state index in [0.717, 1.165) is 28.7 Å². The predicted molar refractivity (Wildman–Crippen MR) is 293 cm³/mol. The molecule has 4 rings (SSSR count). The number of aromatic nitrogens is 1. The summed E-state index contributed by atoms with van der Waals surface area (Å²) in [6.07, 6.45) is -1.78. The summed E-state index contributed by atoms with van der Waals surface area (Å²) in [6.45, 7) is 5.43. The summed E-state index contributed by atoms with van der Waals surface area (Å²) in [5.41, 5.74) is 5.78. The minimum Gasteiger partial charge on any atom is -0.481 e. The molecule has 26 nitrogen and oxygen atoms in total. The van der Waals surface area contributed by atoms with Gasteiger partial charge in [-0.1, -0.05) is 51.1 Å². The zero-order chi connectivity index (χ0) is 62.6. The van der Waals surface area contributed by atoms with Gasteiger partial charge in [0.15, 0.2) is 5.78 Å². The third-order valence-corrected chi connectivity index (χ3v) is 13.4. The van der Waals surface area contributed by atoms with Gasteiger partial charge in [-0.05, 0) is 68.4 Å². The van der Waals surface area contributed by atoms with Crippen LogP contribution >= 0.6 is 0 Å². The normalized spacial score (nSPS) is 14.4. The van der Waals surface area contributed by atoms with Crippen molar-refractivity contribution >= 4 is 76.8 Å². The number of ketones is 1. The van der Waals surface area contributed by atoms with E-state index in [1.165, 1.54) is 18.7 Å². The third kappa shape index (κ3) is 20.8. The summed E-state index contributed by atoms with van der Waals surface area (Å²) < 4.78 is 31.8. The Kier molecular flexibility index (Phi) is 25.3. The number of carboxylic acids is 2. The molecule has 0 saturated carbocycles. The van der Waals surface area contributed by atoms with Crippen LogP contribution in [0.1, 0.15) is 116 Å². The molecule has 0 aliphatic carbocycles. The van der Waals surface area contributed by atoms with Crippen LogP contribution in [-0.2, 0) is 68.9 Å². The molecule has 3 aromatic rings. The highest BCUT2D eigenvalue weighted by molar-refractivity contribution is 6.05.